The van der Waals surface area contributed by atoms with Gasteiger partial charge in [-0.15, -0.1) is 0 Å². The molecule has 30 heavy (non-hydrogen) atoms. The lowest BCUT2D eigenvalue weighted by Gasteiger charge is -2.22. The summed E-state index contributed by atoms with van der Waals surface area (Å²) in [5.74, 6) is 0.752. The summed E-state index contributed by atoms with van der Waals surface area (Å²) in [4.78, 5) is 16.9. The molecule has 0 bridgehead atoms. The fourth-order valence-corrected chi connectivity index (χ4v) is 3.81. The van der Waals surface area contributed by atoms with Crippen molar-refractivity contribution in [3.63, 3.8) is 0 Å². The summed E-state index contributed by atoms with van der Waals surface area (Å²) in [5.41, 5.74) is 1.87. The summed E-state index contributed by atoms with van der Waals surface area (Å²) in [7, 11) is 0. The predicted molar refractivity (Wildman–Crippen MR) is 117 cm³/mol. The van der Waals surface area contributed by atoms with Crippen LogP contribution < -0.4 is 4.74 Å². The van der Waals surface area contributed by atoms with Crippen molar-refractivity contribution in [2.24, 2.45) is 0 Å². The van der Waals surface area contributed by atoms with Crippen LogP contribution in [0, 0.1) is 11.3 Å². The number of rotatable bonds is 5. The van der Waals surface area contributed by atoms with E-state index in [0.29, 0.717) is 12.1 Å². The zero-order valence-electron chi connectivity index (χ0n) is 17.0. The van der Waals surface area contributed by atoms with Crippen molar-refractivity contribution in [3.05, 3.63) is 77.9 Å². The molecule has 1 amide bonds. The SMILES string of the molecule is N#Cc1ccc(CN2CCCN(C(=O)COc3ccc4ccccc4c3)CC2)cc1. The fraction of sp³-hybridized carbons (Fsp3) is 0.280. The van der Waals surface area contributed by atoms with Gasteiger partial charge >= 0.3 is 0 Å². The van der Waals surface area contributed by atoms with E-state index in [1.807, 2.05) is 65.6 Å². The minimum Gasteiger partial charge on any atom is -0.484 e. The smallest absolute Gasteiger partial charge is 0.260 e. The second-order valence-electron chi connectivity index (χ2n) is 7.62. The Morgan fingerprint density at radius 2 is 1.73 bits per heavy atom. The number of ether oxygens (including phenoxy) is 1. The Bertz CT molecular complexity index is 1060. The van der Waals surface area contributed by atoms with Gasteiger partial charge in [0, 0.05) is 32.7 Å². The third-order valence-corrected chi connectivity index (χ3v) is 5.51. The number of hydrogen-bond acceptors (Lipinski definition) is 4. The number of hydrogen-bond donors (Lipinski definition) is 0. The molecule has 0 atom stereocenters. The van der Waals surface area contributed by atoms with Crippen molar-refractivity contribution in [1.29, 1.82) is 5.26 Å². The molecule has 5 nitrogen and oxygen atoms in total. The summed E-state index contributed by atoms with van der Waals surface area (Å²) in [6.45, 7) is 4.15. The first-order valence-electron chi connectivity index (χ1n) is 10.3. The Hall–Kier alpha value is -3.36. The van der Waals surface area contributed by atoms with E-state index in [-0.39, 0.29) is 12.5 Å². The Morgan fingerprint density at radius 1 is 0.933 bits per heavy atom. The molecule has 0 unspecified atom stereocenters. The molecule has 0 radical (unpaired) electrons. The molecule has 3 aromatic carbocycles. The van der Waals surface area contributed by atoms with Crippen LogP contribution in [0.25, 0.3) is 10.8 Å². The van der Waals surface area contributed by atoms with Gasteiger partial charge < -0.3 is 9.64 Å². The molecule has 1 fully saturated rings. The van der Waals surface area contributed by atoms with Crippen LogP contribution in [0.15, 0.2) is 66.7 Å². The fourth-order valence-electron chi connectivity index (χ4n) is 3.81. The maximum absolute atomic E-state index is 12.7. The lowest BCUT2D eigenvalue weighted by molar-refractivity contribution is -0.133. The van der Waals surface area contributed by atoms with Crippen molar-refractivity contribution in [1.82, 2.24) is 9.80 Å². The zero-order valence-corrected chi connectivity index (χ0v) is 17.0. The van der Waals surface area contributed by atoms with E-state index in [1.54, 1.807) is 0 Å². The summed E-state index contributed by atoms with van der Waals surface area (Å²) >= 11 is 0. The molecule has 0 spiro atoms. The molecule has 3 aromatic rings. The first kappa shape index (κ1) is 19.9. The van der Waals surface area contributed by atoms with E-state index in [4.69, 9.17) is 10.00 Å². The van der Waals surface area contributed by atoms with Crippen LogP contribution in [-0.2, 0) is 11.3 Å². The summed E-state index contributed by atoms with van der Waals surface area (Å²) < 4.78 is 5.78. The first-order valence-corrected chi connectivity index (χ1v) is 10.3. The van der Waals surface area contributed by atoms with Gasteiger partial charge in [0.2, 0.25) is 0 Å². The minimum absolute atomic E-state index is 0.0309. The van der Waals surface area contributed by atoms with Crippen LogP contribution in [0.2, 0.25) is 0 Å². The number of carbonyl (C=O) groups excluding carboxylic acids is 1. The molecule has 5 heteroatoms. The van der Waals surface area contributed by atoms with Gasteiger partial charge in [-0.2, -0.15) is 5.26 Å². The molecular formula is C25H25N3O2. The number of nitrogens with zero attached hydrogens (tertiary/aromatic N) is 3. The normalized spacial score (nSPS) is 14.8. The zero-order chi connectivity index (χ0) is 20.8. The molecule has 1 aliphatic rings. The monoisotopic (exact) mass is 399 g/mol. The predicted octanol–water partition coefficient (Wildman–Crippen LogP) is 3.82. The van der Waals surface area contributed by atoms with Gasteiger partial charge in [0.25, 0.3) is 5.91 Å². The van der Waals surface area contributed by atoms with E-state index < -0.39 is 0 Å². The summed E-state index contributed by atoms with van der Waals surface area (Å²) in [6, 6.07) is 23.9. The van der Waals surface area contributed by atoms with Crippen LogP contribution in [0.5, 0.6) is 5.75 Å². The van der Waals surface area contributed by atoms with E-state index in [9.17, 15) is 4.79 Å². The van der Waals surface area contributed by atoms with Gasteiger partial charge in [-0.25, -0.2) is 0 Å². The highest BCUT2D eigenvalue weighted by atomic mass is 16.5. The highest BCUT2D eigenvalue weighted by molar-refractivity contribution is 5.84. The maximum Gasteiger partial charge on any atom is 0.260 e. The van der Waals surface area contributed by atoms with Crippen molar-refractivity contribution >= 4 is 16.7 Å². The number of benzene rings is 3. The molecule has 152 valence electrons. The molecule has 1 saturated heterocycles. The van der Waals surface area contributed by atoms with Crippen molar-refractivity contribution < 1.29 is 9.53 Å². The Kier molecular flexibility index (Phi) is 6.26. The Morgan fingerprint density at radius 3 is 2.53 bits per heavy atom. The first-order chi connectivity index (χ1) is 14.7. The molecule has 1 aliphatic heterocycles. The second kappa shape index (κ2) is 9.43. The van der Waals surface area contributed by atoms with Gasteiger partial charge in [0.1, 0.15) is 5.75 Å². The average Bonchev–Trinajstić information content (AvgIpc) is 3.03. The van der Waals surface area contributed by atoms with Crippen molar-refractivity contribution in [3.8, 4) is 11.8 Å². The van der Waals surface area contributed by atoms with Crippen LogP contribution >= 0.6 is 0 Å². The molecule has 0 aliphatic carbocycles. The van der Waals surface area contributed by atoms with Crippen LogP contribution in [-0.4, -0.2) is 48.5 Å². The van der Waals surface area contributed by atoms with E-state index in [2.05, 4.69) is 17.0 Å². The van der Waals surface area contributed by atoms with Crippen LogP contribution in [0.3, 0.4) is 0 Å². The highest BCUT2D eigenvalue weighted by Crippen LogP contribution is 2.20. The van der Waals surface area contributed by atoms with Gasteiger partial charge in [-0.3, -0.25) is 9.69 Å². The van der Waals surface area contributed by atoms with Crippen LogP contribution in [0.1, 0.15) is 17.5 Å². The van der Waals surface area contributed by atoms with E-state index in [0.717, 1.165) is 49.1 Å². The Labute approximate surface area is 177 Å². The average molecular weight is 399 g/mol. The molecule has 0 aromatic heterocycles. The Balaban J connectivity index is 1.28. The molecule has 1 heterocycles. The van der Waals surface area contributed by atoms with Gasteiger partial charge in [0.05, 0.1) is 11.6 Å². The van der Waals surface area contributed by atoms with E-state index >= 15 is 0 Å². The quantitative estimate of drug-likeness (QED) is 0.654. The third kappa shape index (κ3) is 4.97. The number of amides is 1. The largest absolute Gasteiger partial charge is 0.484 e. The summed E-state index contributed by atoms with van der Waals surface area (Å²) in [6.07, 6.45) is 0.942. The van der Waals surface area contributed by atoms with Gasteiger partial charge in [-0.1, -0.05) is 42.5 Å². The van der Waals surface area contributed by atoms with Gasteiger partial charge in [0.15, 0.2) is 6.61 Å². The third-order valence-electron chi connectivity index (χ3n) is 5.51. The van der Waals surface area contributed by atoms with Crippen LogP contribution in [0.4, 0.5) is 0 Å². The summed E-state index contributed by atoms with van der Waals surface area (Å²) in [5, 5.41) is 11.2. The topological polar surface area (TPSA) is 56.6 Å². The highest BCUT2D eigenvalue weighted by Gasteiger charge is 2.19. The van der Waals surface area contributed by atoms with Gasteiger partial charge in [-0.05, 0) is 47.0 Å². The number of fused-ring (bicyclic) bond motifs is 1. The van der Waals surface area contributed by atoms with Crippen molar-refractivity contribution in [2.45, 2.75) is 13.0 Å². The van der Waals surface area contributed by atoms with Crippen molar-refractivity contribution in [2.75, 3.05) is 32.8 Å². The molecule has 0 saturated carbocycles. The second-order valence-corrected chi connectivity index (χ2v) is 7.62. The lowest BCUT2D eigenvalue weighted by Crippen LogP contribution is -2.38. The minimum atomic E-state index is 0.0309. The number of carbonyl (C=O) groups is 1. The molecular weight excluding hydrogens is 374 g/mol. The molecule has 4 rings (SSSR count). The molecule has 0 N–H and O–H groups in total. The number of nitriles is 1. The maximum atomic E-state index is 12.7. The lowest BCUT2D eigenvalue weighted by atomic mass is 10.1. The standard InChI is InChI=1S/C25H25N3O2/c26-17-20-6-8-21(9-7-20)18-27-12-3-13-28(15-14-27)25(29)19-30-24-11-10-22-4-1-2-5-23(22)16-24/h1-2,4-11,16H,3,12-15,18-19H2. The van der Waals surface area contributed by atoms with E-state index in [1.165, 1.54) is 5.56 Å².